The number of piperidine rings is 2. The first-order valence-corrected chi connectivity index (χ1v) is 10.4. The molecule has 1 aromatic carbocycles. The van der Waals surface area contributed by atoms with E-state index in [0.717, 1.165) is 30.8 Å². The number of hydrogen-bond acceptors (Lipinski definition) is 4. The van der Waals surface area contributed by atoms with Crippen LogP contribution in [0, 0.1) is 5.92 Å². The Labute approximate surface area is 157 Å². The molecule has 4 heteroatoms. The molecule has 0 aliphatic carbocycles. The van der Waals surface area contributed by atoms with E-state index in [-0.39, 0.29) is 6.17 Å². The minimum Gasteiger partial charge on any atom is -0.315 e. The third-order valence-corrected chi connectivity index (χ3v) is 6.18. The van der Waals surface area contributed by atoms with Crippen LogP contribution in [0.3, 0.4) is 0 Å². The summed E-state index contributed by atoms with van der Waals surface area (Å²) in [5.41, 5.74) is 8.93. The average Bonchev–Trinajstić information content (AvgIpc) is 2.69. The molecule has 2 aliphatic heterocycles. The number of benzene rings is 1. The van der Waals surface area contributed by atoms with E-state index >= 15 is 0 Å². The van der Waals surface area contributed by atoms with Gasteiger partial charge in [-0.05, 0) is 75.0 Å². The first-order valence-electron chi connectivity index (χ1n) is 10.4. The van der Waals surface area contributed by atoms with Crippen LogP contribution < -0.4 is 5.73 Å². The molecular weight excluding hydrogens is 320 g/mol. The number of hydrazine groups is 1. The highest BCUT2D eigenvalue weighted by Crippen LogP contribution is 2.26. The Morgan fingerprint density at radius 1 is 1.04 bits per heavy atom. The number of pyridine rings is 1. The molecule has 2 unspecified atom stereocenters. The van der Waals surface area contributed by atoms with Gasteiger partial charge in [-0.1, -0.05) is 18.2 Å². The number of rotatable bonds is 5. The number of fused-ring (bicyclic) bond motifs is 1. The maximum absolute atomic E-state index is 6.36. The Bertz CT molecular complexity index is 711. The average molecular weight is 353 g/mol. The molecule has 2 N–H and O–H groups in total. The fourth-order valence-corrected chi connectivity index (χ4v) is 4.76. The van der Waals surface area contributed by atoms with Gasteiger partial charge in [0.1, 0.15) is 0 Å². The molecule has 2 saturated heterocycles. The van der Waals surface area contributed by atoms with Crippen LogP contribution in [0.15, 0.2) is 36.5 Å². The number of aromatic nitrogens is 1. The van der Waals surface area contributed by atoms with Gasteiger partial charge < -0.3 is 5.73 Å². The van der Waals surface area contributed by atoms with Crippen molar-refractivity contribution >= 4 is 10.9 Å². The summed E-state index contributed by atoms with van der Waals surface area (Å²) in [6.45, 7) is 3.54. The SMILES string of the molecule is NC1CCCCN1N1CCCC(CCCc2ccnc3ccccc23)C1. The molecule has 1 aromatic heterocycles. The molecule has 4 rings (SSSR count). The van der Waals surface area contributed by atoms with Crippen molar-refractivity contribution < 1.29 is 0 Å². The van der Waals surface area contributed by atoms with Gasteiger partial charge in [-0.2, -0.15) is 0 Å². The molecule has 0 spiro atoms. The van der Waals surface area contributed by atoms with Gasteiger partial charge in [0.15, 0.2) is 0 Å². The first kappa shape index (κ1) is 17.9. The van der Waals surface area contributed by atoms with Crippen LogP contribution in [0.4, 0.5) is 0 Å². The summed E-state index contributed by atoms with van der Waals surface area (Å²) in [6.07, 6.45) is 12.3. The third-order valence-electron chi connectivity index (χ3n) is 6.18. The molecule has 140 valence electrons. The van der Waals surface area contributed by atoms with Gasteiger partial charge in [0, 0.05) is 31.2 Å². The maximum atomic E-state index is 6.36. The van der Waals surface area contributed by atoms with Crippen LogP contribution in [0.5, 0.6) is 0 Å². The summed E-state index contributed by atoms with van der Waals surface area (Å²) in [5, 5.41) is 6.35. The molecule has 4 nitrogen and oxygen atoms in total. The van der Waals surface area contributed by atoms with Gasteiger partial charge in [0.2, 0.25) is 0 Å². The second-order valence-corrected chi connectivity index (χ2v) is 8.03. The van der Waals surface area contributed by atoms with Gasteiger partial charge in [-0.15, -0.1) is 0 Å². The predicted octanol–water partition coefficient (Wildman–Crippen LogP) is 3.96. The largest absolute Gasteiger partial charge is 0.315 e. The number of hydrogen-bond donors (Lipinski definition) is 1. The summed E-state index contributed by atoms with van der Waals surface area (Å²) < 4.78 is 0. The first-order chi connectivity index (χ1) is 12.8. The lowest BCUT2D eigenvalue weighted by Crippen LogP contribution is -2.57. The monoisotopic (exact) mass is 352 g/mol. The van der Waals surface area contributed by atoms with Gasteiger partial charge in [-0.25, -0.2) is 10.0 Å². The highest BCUT2D eigenvalue weighted by Gasteiger charge is 2.28. The van der Waals surface area contributed by atoms with Gasteiger partial charge in [-0.3, -0.25) is 4.98 Å². The molecule has 3 heterocycles. The van der Waals surface area contributed by atoms with E-state index in [1.165, 1.54) is 62.6 Å². The van der Waals surface area contributed by atoms with Crippen molar-refractivity contribution in [3.8, 4) is 0 Å². The van der Waals surface area contributed by atoms with Crippen molar-refractivity contribution in [1.29, 1.82) is 0 Å². The van der Waals surface area contributed by atoms with Crippen molar-refractivity contribution in [3.63, 3.8) is 0 Å². The Morgan fingerprint density at radius 3 is 2.88 bits per heavy atom. The van der Waals surface area contributed by atoms with Crippen molar-refractivity contribution in [3.05, 3.63) is 42.1 Å². The summed E-state index contributed by atoms with van der Waals surface area (Å²) in [7, 11) is 0. The molecule has 0 saturated carbocycles. The van der Waals surface area contributed by atoms with Gasteiger partial charge in [0.05, 0.1) is 11.7 Å². The van der Waals surface area contributed by atoms with Crippen LogP contribution in [0.25, 0.3) is 10.9 Å². The van der Waals surface area contributed by atoms with Gasteiger partial charge >= 0.3 is 0 Å². The molecule has 2 fully saturated rings. The lowest BCUT2D eigenvalue weighted by molar-refractivity contribution is -0.0992. The van der Waals surface area contributed by atoms with Crippen molar-refractivity contribution in [2.24, 2.45) is 11.7 Å². The highest BCUT2D eigenvalue weighted by molar-refractivity contribution is 5.81. The number of para-hydroxylation sites is 1. The Hall–Kier alpha value is -1.49. The Balaban J connectivity index is 1.31. The van der Waals surface area contributed by atoms with E-state index in [9.17, 15) is 0 Å². The zero-order valence-electron chi connectivity index (χ0n) is 15.8. The second-order valence-electron chi connectivity index (χ2n) is 8.03. The smallest absolute Gasteiger partial charge is 0.0710 e. The van der Waals surface area contributed by atoms with E-state index in [2.05, 4.69) is 45.3 Å². The van der Waals surface area contributed by atoms with Crippen LogP contribution in [0.2, 0.25) is 0 Å². The highest BCUT2D eigenvalue weighted by atomic mass is 15.7. The Kier molecular flexibility index (Phi) is 5.83. The van der Waals surface area contributed by atoms with Crippen LogP contribution in [-0.2, 0) is 6.42 Å². The van der Waals surface area contributed by atoms with E-state index in [0.29, 0.717) is 0 Å². The topological polar surface area (TPSA) is 45.4 Å². The molecule has 2 atom stereocenters. The summed E-state index contributed by atoms with van der Waals surface area (Å²) in [5.74, 6) is 0.811. The van der Waals surface area contributed by atoms with Crippen LogP contribution in [0.1, 0.15) is 50.5 Å². The number of nitrogens with two attached hydrogens (primary N) is 1. The number of nitrogens with zero attached hydrogens (tertiary/aromatic N) is 3. The normalized spacial score (nSPS) is 25.6. The molecule has 0 bridgehead atoms. The van der Waals surface area contributed by atoms with Crippen LogP contribution >= 0.6 is 0 Å². The number of aryl methyl sites for hydroxylation is 1. The zero-order chi connectivity index (χ0) is 17.8. The fraction of sp³-hybridized carbons (Fsp3) is 0.591. The maximum Gasteiger partial charge on any atom is 0.0710 e. The van der Waals surface area contributed by atoms with E-state index in [4.69, 9.17) is 5.73 Å². The third kappa shape index (κ3) is 4.08. The molecule has 0 radical (unpaired) electrons. The minimum atomic E-state index is 0.241. The lowest BCUT2D eigenvalue weighted by atomic mass is 9.92. The van der Waals surface area contributed by atoms with Gasteiger partial charge in [0.25, 0.3) is 0 Å². The van der Waals surface area contributed by atoms with E-state index < -0.39 is 0 Å². The molecular formula is C22H32N4. The van der Waals surface area contributed by atoms with Crippen molar-refractivity contribution in [1.82, 2.24) is 15.0 Å². The van der Waals surface area contributed by atoms with Crippen molar-refractivity contribution in [2.45, 2.75) is 57.5 Å². The van der Waals surface area contributed by atoms with E-state index in [1.807, 2.05) is 6.20 Å². The zero-order valence-corrected chi connectivity index (χ0v) is 15.8. The van der Waals surface area contributed by atoms with Crippen LogP contribution in [-0.4, -0.2) is 40.8 Å². The Morgan fingerprint density at radius 2 is 1.96 bits per heavy atom. The van der Waals surface area contributed by atoms with E-state index in [1.54, 1.807) is 0 Å². The fourth-order valence-electron chi connectivity index (χ4n) is 4.76. The lowest BCUT2D eigenvalue weighted by Gasteiger charge is -2.45. The summed E-state index contributed by atoms with van der Waals surface area (Å²) >= 11 is 0. The molecule has 0 amide bonds. The quantitative estimate of drug-likeness (QED) is 0.885. The molecule has 2 aliphatic rings. The standard InChI is InChI=1S/C22H32N4/c23-22-12-3-4-16-26(22)25-15-6-8-18(17-25)7-5-9-19-13-14-24-21-11-2-1-10-20(19)21/h1-2,10-11,13-14,18,22H,3-9,12,15-17,23H2. The summed E-state index contributed by atoms with van der Waals surface area (Å²) in [4.78, 5) is 4.48. The van der Waals surface area contributed by atoms with Crippen molar-refractivity contribution in [2.75, 3.05) is 19.6 Å². The molecule has 2 aromatic rings. The molecule has 26 heavy (non-hydrogen) atoms. The summed E-state index contributed by atoms with van der Waals surface area (Å²) in [6, 6.07) is 10.7. The second kappa shape index (κ2) is 8.47. The predicted molar refractivity (Wildman–Crippen MR) is 108 cm³/mol. The minimum absolute atomic E-state index is 0.241.